The molecule has 13 nitrogen and oxygen atoms in total. The lowest BCUT2D eigenvalue weighted by atomic mass is 9.74. The summed E-state index contributed by atoms with van der Waals surface area (Å²) in [6.45, 7) is 0.357. The number of carbonyl (C=O) groups is 4. The van der Waals surface area contributed by atoms with Gasteiger partial charge in [-0.1, -0.05) is 6.07 Å². The van der Waals surface area contributed by atoms with Crippen LogP contribution in [-0.2, 0) is 32.1 Å². The van der Waals surface area contributed by atoms with Crippen LogP contribution in [0.15, 0.2) is 48.8 Å². The van der Waals surface area contributed by atoms with E-state index in [0.717, 1.165) is 0 Å². The molecule has 1 aromatic heterocycles. The van der Waals surface area contributed by atoms with Gasteiger partial charge in [-0.2, -0.15) is 0 Å². The minimum Gasteiger partial charge on any atom is -0.481 e. The monoisotopic (exact) mass is 598 g/mol. The Hall–Kier alpha value is -4.56. The lowest BCUT2D eigenvalue weighted by Crippen LogP contribution is -2.47. The number of hydrogen-bond donors (Lipinski definition) is 5. The quantitative estimate of drug-likeness (QED) is 0.205. The van der Waals surface area contributed by atoms with Gasteiger partial charge in [-0.15, -0.1) is 0 Å². The van der Waals surface area contributed by atoms with Crippen molar-refractivity contribution in [1.29, 1.82) is 0 Å². The SMILES string of the molecule is NC(=O)c1cc2c(c(-c3cc4c(cc3C(=O)N3CCC[C@H]3C(=O)N[C@@H](CC(=O)O)c3cccnc3)B(O)OC4)c1)COB2O. The highest BCUT2D eigenvalue weighted by atomic mass is 16.5. The van der Waals surface area contributed by atoms with Crippen LogP contribution in [-0.4, -0.2) is 75.6 Å². The van der Waals surface area contributed by atoms with Crippen LogP contribution in [0.5, 0.6) is 0 Å². The van der Waals surface area contributed by atoms with Gasteiger partial charge in [0.1, 0.15) is 6.04 Å². The summed E-state index contributed by atoms with van der Waals surface area (Å²) in [6, 6.07) is 7.76. The van der Waals surface area contributed by atoms with Crippen molar-refractivity contribution in [1.82, 2.24) is 15.2 Å². The molecule has 0 spiro atoms. The van der Waals surface area contributed by atoms with Crippen molar-refractivity contribution in [2.75, 3.05) is 6.54 Å². The minimum absolute atomic E-state index is 0.0166. The fraction of sp³-hybridized carbons (Fsp3) is 0.276. The molecule has 3 amide bonds. The highest BCUT2D eigenvalue weighted by molar-refractivity contribution is 6.62. The average molecular weight is 598 g/mol. The number of carboxylic acids is 1. The maximum absolute atomic E-state index is 14.3. The number of nitrogens with zero attached hydrogens (tertiary/aromatic N) is 2. The Balaban J connectivity index is 1.39. The standard InChI is InChI=1S/C29H28B2N4O9/c32-27(38)16-7-19(21-14-44-31(42)23(21)9-16)18-8-17-13-43-30(41)22(17)10-20(18)29(40)35-6-2-4-25(35)28(39)34-24(11-26(36)37)15-3-1-5-33-12-15/h1,3,5,7-10,12,24-25,41-42H,2,4,6,11,13-14H2,(H2,32,38)(H,34,39)(H,36,37)/t24-,25-/m0/s1. The van der Waals surface area contributed by atoms with E-state index in [1.54, 1.807) is 18.2 Å². The molecule has 44 heavy (non-hydrogen) atoms. The number of aliphatic carboxylic acids is 1. The van der Waals surface area contributed by atoms with E-state index in [1.165, 1.54) is 35.5 Å². The van der Waals surface area contributed by atoms with Crippen molar-refractivity contribution in [2.45, 2.75) is 44.6 Å². The summed E-state index contributed by atoms with van der Waals surface area (Å²) in [5.74, 6) is -2.86. The van der Waals surface area contributed by atoms with Gasteiger partial charge in [-0.05, 0) is 81.9 Å². The molecule has 6 N–H and O–H groups in total. The number of aromatic nitrogens is 1. The van der Waals surface area contributed by atoms with Gasteiger partial charge in [0, 0.05) is 30.1 Å². The van der Waals surface area contributed by atoms with Crippen LogP contribution >= 0.6 is 0 Å². The van der Waals surface area contributed by atoms with E-state index in [9.17, 15) is 34.3 Å². The number of nitrogens with two attached hydrogens (primary N) is 1. The molecule has 4 heterocycles. The van der Waals surface area contributed by atoms with Crippen LogP contribution < -0.4 is 22.0 Å². The first kappa shape index (κ1) is 29.5. The first-order chi connectivity index (χ1) is 21.1. The van der Waals surface area contributed by atoms with Crippen LogP contribution in [0.3, 0.4) is 0 Å². The van der Waals surface area contributed by atoms with Gasteiger partial charge in [0.15, 0.2) is 0 Å². The molecule has 1 fully saturated rings. The number of benzene rings is 2. The third kappa shape index (κ3) is 5.46. The van der Waals surface area contributed by atoms with E-state index in [4.69, 9.17) is 15.0 Å². The highest BCUT2D eigenvalue weighted by Gasteiger charge is 2.39. The van der Waals surface area contributed by atoms with E-state index in [-0.39, 0.29) is 37.3 Å². The molecular formula is C29H28B2N4O9. The number of hydrogen-bond acceptors (Lipinski definition) is 9. The maximum atomic E-state index is 14.3. The normalized spacial score (nSPS) is 17.8. The van der Waals surface area contributed by atoms with Gasteiger partial charge in [-0.3, -0.25) is 24.2 Å². The van der Waals surface area contributed by atoms with Gasteiger partial charge < -0.3 is 40.4 Å². The van der Waals surface area contributed by atoms with Crippen LogP contribution in [0.4, 0.5) is 0 Å². The molecule has 3 aromatic rings. The molecule has 0 radical (unpaired) electrons. The lowest BCUT2D eigenvalue weighted by molar-refractivity contribution is -0.138. The van der Waals surface area contributed by atoms with Gasteiger partial charge in [-0.25, -0.2) is 0 Å². The minimum atomic E-state index is -1.29. The smallest absolute Gasteiger partial charge is 0.481 e. The second kappa shape index (κ2) is 11.8. The van der Waals surface area contributed by atoms with Crippen molar-refractivity contribution in [3.8, 4) is 11.1 Å². The number of likely N-dealkylation sites (tertiary alicyclic amines) is 1. The number of pyridine rings is 1. The molecule has 2 atom stereocenters. The Morgan fingerprint density at radius 2 is 1.84 bits per heavy atom. The molecule has 0 unspecified atom stereocenters. The highest BCUT2D eigenvalue weighted by Crippen LogP contribution is 2.34. The summed E-state index contributed by atoms with van der Waals surface area (Å²) in [7, 11) is -2.54. The molecule has 1 saturated heterocycles. The van der Waals surface area contributed by atoms with Crippen LogP contribution in [0.2, 0.25) is 0 Å². The lowest BCUT2D eigenvalue weighted by Gasteiger charge is -2.27. The molecule has 15 heteroatoms. The zero-order valence-electron chi connectivity index (χ0n) is 23.4. The molecule has 0 bridgehead atoms. The third-order valence-corrected chi connectivity index (χ3v) is 8.28. The predicted molar refractivity (Wildman–Crippen MR) is 157 cm³/mol. The first-order valence-corrected chi connectivity index (χ1v) is 14.1. The maximum Gasteiger partial charge on any atom is 0.491 e. The molecule has 2 aromatic carbocycles. The summed E-state index contributed by atoms with van der Waals surface area (Å²) in [6.07, 6.45) is 3.52. The second-order valence-corrected chi connectivity index (χ2v) is 11.0. The number of fused-ring (bicyclic) bond motifs is 2. The molecule has 3 aliphatic heterocycles. The zero-order valence-corrected chi connectivity index (χ0v) is 23.4. The number of rotatable bonds is 8. The Labute approximate surface area is 252 Å². The summed E-state index contributed by atoms with van der Waals surface area (Å²) >= 11 is 0. The molecule has 224 valence electrons. The molecule has 3 aliphatic rings. The van der Waals surface area contributed by atoms with Crippen LogP contribution in [0.25, 0.3) is 11.1 Å². The van der Waals surface area contributed by atoms with Gasteiger partial charge >= 0.3 is 20.2 Å². The van der Waals surface area contributed by atoms with E-state index in [0.29, 0.717) is 51.6 Å². The molecule has 0 aliphatic carbocycles. The predicted octanol–water partition coefficient (Wildman–Crippen LogP) is -0.780. The molecular weight excluding hydrogens is 570 g/mol. The number of carboxylic acid groups (broad SMARTS) is 1. The van der Waals surface area contributed by atoms with E-state index in [1.807, 2.05) is 0 Å². The van der Waals surface area contributed by atoms with Crippen LogP contribution in [0.1, 0.15) is 62.7 Å². The molecule has 0 saturated carbocycles. The fourth-order valence-corrected chi connectivity index (χ4v) is 6.10. The topological polar surface area (TPSA) is 202 Å². The fourth-order valence-electron chi connectivity index (χ4n) is 6.10. The van der Waals surface area contributed by atoms with E-state index < -0.39 is 50.0 Å². The van der Waals surface area contributed by atoms with E-state index >= 15 is 0 Å². The zero-order chi connectivity index (χ0) is 31.1. The number of amides is 3. The van der Waals surface area contributed by atoms with Gasteiger partial charge in [0.2, 0.25) is 11.8 Å². The summed E-state index contributed by atoms with van der Waals surface area (Å²) < 4.78 is 10.8. The molecule has 6 rings (SSSR count). The number of nitrogens with one attached hydrogen (secondary N) is 1. The summed E-state index contributed by atoms with van der Waals surface area (Å²) in [4.78, 5) is 57.2. The summed E-state index contributed by atoms with van der Waals surface area (Å²) in [5.41, 5.74) is 9.15. The number of primary amides is 1. The first-order valence-electron chi connectivity index (χ1n) is 14.1. The third-order valence-electron chi connectivity index (χ3n) is 8.28. The Kier molecular flexibility index (Phi) is 7.95. The van der Waals surface area contributed by atoms with Crippen molar-refractivity contribution in [3.63, 3.8) is 0 Å². The van der Waals surface area contributed by atoms with Crippen molar-refractivity contribution in [3.05, 3.63) is 76.6 Å². The Bertz CT molecular complexity index is 1670. The van der Waals surface area contributed by atoms with Crippen molar-refractivity contribution >= 4 is 48.9 Å². The van der Waals surface area contributed by atoms with Gasteiger partial charge in [0.05, 0.1) is 25.7 Å². The van der Waals surface area contributed by atoms with Crippen LogP contribution in [0, 0.1) is 0 Å². The van der Waals surface area contributed by atoms with Crippen molar-refractivity contribution < 1.29 is 43.6 Å². The largest absolute Gasteiger partial charge is 0.491 e. The van der Waals surface area contributed by atoms with Crippen molar-refractivity contribution in [2.24, 2.45) is 5.73 Å². The van der Waals surface area contributed by atoms with E-state index in [2.05, 4.69) is 10.3 Å². The van der Waals surface area contributed by atoms with Gasteiger partial charge in [0.25, 0.3) is 5.91 Å². The summed E-state index contributed by atoms with van der Waals surface area (Å²) in [5, 5.41) is 33.1. The Morgan fingerprint density at radius 3 is 2.57 bits per heavy atom. The average Bonchev–Trinajstić information content (AvgIpc) is 3.74. The number of carbonyl (C=O) groups excluding carboxylic acids is 3. The Morgan fingerprint density at radius 1 is 1.07 bits per heavy atom. The second-order valence-electron chi connectivity index (χ2n) is 11.0.